The van der Waals surface area contributed by atoms with Gasteiger partial charge in [-0.3, -0.25) is 4.79 Å². The van der Waals surface area contributed by atoms with Gasteiger partial charge in [-0.1, -0.05) is 12.8 Å². The summed E-state index contributed by atoms with van der Waals surface area (Å²) in [5, 5.41) is 0. The van der Waals surface area contributed by atoms with E-state index in [1.807, 2.05) is 12.1 Å². The highest BCUT2D eigenvalue weighted by atomic mass is 16.5. The number of furan rings is 1. The lowest BCUT2D eigenvalue weighted by molar-refractivity contribution is -0.149. The van der Waals surface area contributed by atoms with Crippen molar-refractivity contribution in [2.24, 2.45) is 0 Å². The van der Waals surface area contributed by atoms with Crippen LogP contribution in [-0.2, 0) is 16.0 Å². The Labute approximate surface area is 102 Å². The maximum Gasteiger partial charge on any atom is 0.306 e. The number of hydrogen-bond donors (Lipinski definition) is 0. The molecule has 3 nitrogen and oxygen atoms in total. The highest BCUT2D eigenvalue weighted by Crippen LogP contribution is 2.20. The van der Waals surface area contributed by atoms with Gasteiger partial charge >= 0.3 is 5.97 Å². The number of ether oxygens (including phenoxy) is 1. The third-order valence-electron chi connectivity index (χ3n) is 3.26. The quantitative estimate of drug-likeness (QED) is 0.593. The van der Waals surface area contributed by atoms with Crippen LogP contribution in [0.4, 0.5) is 0 Å². The second kappa shape index (κ2) is 6.48. The molecule has 1 heterocycles. The van der Waals surface area contributed by atoms with Crippen molar-refractivity contribution < 1.29 is 13.9 Å². The largest absolute Gasteiger partial charge is 0.469 e. The van der Waals surface area contributed by atoms with E-state index in [0.717, 1.165) is 18.6 Å². The molecule has 0 atom stereocenters. The maximum atomic E-state index is 11.7. The van der Waals surface area contributed by atoms with E-state index in [-0.39, 0.29) is 12.1 Å². The Morgan fingerprint density at radius 3 is 2.71 bits per heavy atom. The predicted octanol–water partition coefficient (Wildman–Crippen LogP) is 3.48. The van der Waals surface area contributed by atoms with Crippen molar-refractivity contribution in [2.75, 3.05) is 0 Å². The second-order valence-corrected chi connectivity index (χ2v) is 4.68. The molecule has 0 bridgehead atoms. The molecule has 2 rings (SSSR count). The topological polar surface area (TPSA) is 39.4 Å². The molecule has 1 fully saturated rings. The summed E-state index contributed by atoms with van der Waals surface area (Å²) in [5.74, 6) is 0.760. The SMILES string of the molecule is O=C(CCc1ccco1)OC1CCCCCC1. The molecule has 0 saturated heterocycles. The smallest absolute Gasteiger partial charge is 0.306 e. The molecule has 17 heavy (non-hydrogen) atoms. The molecule has 1 saturated carbocycles. The molecular formula is C14H20O3. The predicted molar refractivity (Wildman–Crippen MR) is 64.6 cm³/mol. The standard InChI is InChI=1S/C14H20O3/c15-14(10-9-12-8-5-11-16-12)17-13-6-3-1-2-4-7-13/h5,8,11,13H,1-4,6-7,9-10H2. The molecule has 3 heteroatoms. The van der Waals surface area contributed by atoms with E-state index in [1.165, 1.54) is 25.7 Å². The molecule has 0 radical (unpaired) electrons. The van der Waals surface area contributed by atoms with Gasteiger partial charge in [-0.25, -0.2) is 0 Å². The van der Waals surface area contributed by atoms with Gasteiger partial charge in [0.05, 0.1) is 12.7 Å². The molecule has 0 unspecified atom stereocenters. The number of hydrogen-bond acceptors (Lipinski definition) is 3. The average molecular weight is 236 g/mol. The van der Waals surface area contributed by atoms with Crippen molar-refractivity contribution in [1.29, 1.82) is 0 Å². The van der Waals surface area contributed by atoms with Gasteiger partial charge in [0.25, 0.3) is 0 Å². The fourth-order valence-electron chi connectivity index (χ4n) is 2.28. The molecule has 0 aromatic carbocycles. The minimum absolute atomic E-state index is 0.0895. The van der Waals surface area contributed by atoms with Crippen LogP contribution < -0.4 is 0 Å². The van der Waals surface area contributed by atoms with E-state index in [4.69, 9.17) is 9.15 Å². The van der Waals surface area contributed by atoms with Gasteiger partial charge in [-0.2, -0.15) is 0 Å². The summed E-state index contributed by atoms with van der Waals surface area (Å²) in [6, 6.07) is 3.73. The highest BCUT2D eigenvalue weighted by molar-refractivity contribution is 5.69. The number of rotatable bonds is 4. The Bertz CT molecular complexity index is 321. The Morgan fingerprint density at radius 1 is 1.29 bits per heavy atom. The van der Waals surface area contributed by atoms with E-state index in [0.29, 0.717) is 12.8 Å². The zero-order valence-corrected chi connectivity index (χ0v) is 10.2. The van der Waals surface area contributed by atoms with E-state index < -0.39 is 0 Å². The Hall–Kier alpha value is -1.25. The molecule has 0 amide bonds. The van der Waals surface area contributed by atoms with E-state index in [1.54, 1.807) is 6.26 Å². The number of carbonyl (C=O) groups is 1. The number of aryl methyl sites for hydroxylation is 1. The lowest BCUT2D eigenvalue weighted by Gasteiger charge is -2.14. The third kappa shape index (κ3) is 4.25. The number of carbonyl (C=O) groups excluding carboxylic acids is 1. The van der Waals surface area contributed by atoms with E-state index in [2.05, 4.69) is 0 Å². The van der Waals surface area contributed by atoms with Crippen LogP contribution in [0.5, 0.6) is 0 Å². The van der Waals surface area contributed by atoms with Crippen molar-refractivity contribution in [1.82, 2.24) is 0 Å². The van der Waals surface area contributed by atoms with Crippen molar-refractivity contribution in [3.8, 4) is 0 Å². The molecule has 1 aromatic heterocycles. The van der Waals surface area contributed by atoms with Crippen LogP contribution in [0.15, 0.2) is 22.8 Å². The summed E-state index contributed by atoms with van der Waals surface area (Å²) in [4.78, 5) is 11.7. The normalized spacial score (nSPS) is 17.6. The van der Waals surface area contributed by atoms with Crippen LogP contribution in [0.2, 0.25) is 0 Å². The Morgan fingerprint density at radius 2 is 2.06 bits per heavy atom. The fourth-order valence-corrected chi connectivity index (χ4v) is 2.28. The summed E-state index contributed by atoms with van der Waals surface area (Å²) in [6.07, 6.45) is 9.85. The van der Waals surface area contributed by atoms with Crippen molar-refractivity contribution >= 4 is 5.97 Å². The maximum absolute atomic E-state index is 11.7. The molecule has 0 spiro atoms. The summed E-state index contributed by atoms with van der Waals surface area (Å²) >= 11 is 0. The van der Waals surface area contributed by atoms with Gasteiger partial charge in [0.1, 0.15) is 11.9 Å². The zero-order chi connectivity index (χ0) is 11.9. The molecule has 0 aliphatic heterocycles. The highest BCUT2D eigenvalue weighted by Gasteiger charge is 2.16. The lowest BCUT2D eigenvalue weighted by Crippen LogP contribution is -2.17. The van der Waals surface area contributed by atoms with Crippen LogP contribution >= 0.6 is 0 Å². The van der Waals surface area contributed by atoms with Crippen LogP contribution in [-0.4, -0.2) is 12.1 Å². The monoisotopic (exact) mass is 236 g/mol. The summed E-state index contributed by atoms with van der Waals surface area (Å²) < 4.78 is 10.7. The Balaban J connectivity index is 1.69. The third-order valence-corrected chi connectivity index (χ3v) is 3.26. The van der Waals surface area contributed by atoms with Crippen LogP contribution in [0.3, 0.4) is 0 Å². The Kier molecular flexibility index (Phi) is 4.65. The molecule has 1 aliphatic rings. The summed E-state index contributed by atoms with van der Waals surface area (Å²) in [5.41, 5.74) is 0. The lowest BCUT2D eigenvalue weighted by atomic mass is 10.1. The first-order valence-electron chi connectivity index (χ1n) is 6.56. The van der Waals surface area contributed by atoms with Gasteiger partial charge in [-0.15, -0.1) is 0 Å². The minimum atomic E-state index is -0.0895. The first-order chi connectivity index (χ1) is 8.34. The van der Waals surface area contributed by atoms with Crippen molar-refractivity contribution in [3.05, 3.63) is 24.2 Å². The number of esters is 1. The van der Waals surface area contributed by atoms with Crippen LogP contribution in [0.25, 0.3) is 0 Å². The average Bonchev–Trinajstić information content (AvgIpc) is 2.72. The van der Waals surface area contributed by atoms with Gasteiger partial charge in [0, 0.05) is 6.42 Å². The van der Waals surface area contributed by atoms with Gasteiger partial charge < -0.3 is 9.15 Å². The van der Waals surface area contributed by atoms with Crippen LogP contribution in [0.1, 0.15) is 50.7 Å². The molecule has 1 aromatic rings. The molecule has 1 aliphatic carbocycles. The van der Waals surface area contributed by atoms with E-state index in [9.17, 15) is 4.79 Å². The van der Waals surface area contributed by atoms with Gasteiger partial charge in [-0.05, 0) is 37.8 Å². The molecule has 0 N–H and O–H groups in total. The first-order valence-corrected chi connectivity index (χ1v) is 6.56. The van der Waals surface area contributed by atoms with Crippen LogP contribution in [0, 0.1) is 0 Å². The fraction of sp³-hybridized carbons (Fsp3) is 0.643. The molecular weight excluding hydrogens is 216 g/mol. The van der Waals surface area contributed by atoms with Gasteiger partial charge in [0.15, 0.2) is 0 Å². The summed E-state index contributed by atoms with van der Waals surface area (Å²) in [7, 11) is 0. The summed E-state index contributed by atoms with van der Waals surface area (Å²) in [6.45, 7) is 0. The van der Waals surface area contributed by atoms with E-state index >= 15 is 0 Å². The van der Waals surface area contributed by atoms with Crippen molar-refractivity contribution in [3.63, 3.8) is 0 Å². The first kappa shape index (κ1) is 12.2. The molecule has 94 valence electrons. The van der Waals surface area contributed by atoms with Crippen molar-refractivity contribution in [2.45, 2.75) is 57.5 Å². The zero-order valence-electron chi connectivity index (χ0n) is 10.2. The minimum Gasteiger partial charge on any atom is -0.469 e. The second-order valence-electron chi connectivity index (χ2n) is 4.68. The van der Waals surface area contributed by atoms with Gasteiger partial charge in [0.2, 0.25) is 0 Å².